The first-order valence-electron chi connectivity index (χ1n) is 3.43. The number of hydrogen-bond acceptors (Lipinski definition) is 2. The second-order valence-corrected chi connectivity index (χ2v) is 2.25. The molecule has 0 aliphatic heterocycles. The van der Waals surface area contributed by atoms with E-state index in [0.717, 1.165) is 6.42 Å². The summed E-state index contributed by atoms with van der Waals surface area (Å²) in [6.07, 6.45) is 1.30. The zero-order valence-corrected chi connectivity index (χ0v) is 6.46. The van der Waals surface area contributed by atoms with E-state index in [9.17, 15) is 9.59 Å². The number of hydrogen-bond donors (Lipinski definition) is 3. The molecule has 5 nitrogen and oxygen atoms in total. The second kappa shape index (κ2) is 4.54. The van der Waals surface area contributed by atoms with Crippen LogP contribution >= 0.6 is 0 Å². The van der Waals surface area contributed by atoms with Crippen molar-refractivity contribution in [1.82, 2.24) is 5.32 Å². The lowest BCUT2D eigenvalue weighted by Crippen LogP contribution is -2.46. The molecule has 0 radical (unpaired) electrons. The smallest absolute Gasteiger partial charge is 0.312 e. The Morgan fingerprint density at radius 3 is 2.27 bits per heavy atom. The number of urea groups is 1. The van der Waals surface area contributed by atoms with Gasteiger partial charge >= 0.3 is 6.03 Å². The van der Waals surface area contributed by atoms with Crippen LogP contribution in [0.2, 0.25) is 0 Å². The van der Waals surface area contributed by atoms with E-state index in [-0.39, 0.29) is 0 Å². The van der Waals surface area contributed by atoms with Crippen LogP contribution in [0, 0.1) is 0 Å². The van der Waals surface area contributed by atoms with Crippen molar-refractivity contribution >= 4 is 11.9 Å². The van der Waals surface area contributed by atoms with Gasteiger partial charge in [0.1, 0.15) is 6.04 Å². The molecular formula is C6H13N3O2. The van der Waals surface area contributed by atoms with E-state index >= 15 is 0 Å². The van der Waals surface area contributed by atoms with Crippen molar-refractivity contribution in [1.29, 1.82) is 0 Å². The summed E-state index contributed by atoms with van der Waals surface area (Å²) in [4.78, 5) is 20.9. The molecule has 0 aromatic carbocycles. The number of carbonyl (C=O) groups is 2. The highest BCUT2D eigenvalue weighted by atomic mass is 16.2. The van der Waals surface area contributed by atoms with Gasteiger partial charge in [-0.25, -0.2) is 4.79 Å². The molecule has 0 fully saturated rings. The fourth-order valence-electron chi connectivity index (χ4n) is 0.746. The van der Waals surface area contributed by atoms with E-state index in [1.807, 2.05) is 6.92 Å². The highest BCUT2D eigenvalue weighted by Gasteiger charge is 2.14. The molecule has 5 N–H and O–H groups in total. The molecule has 0 bridgehead atoms. The minimum atomic E-state index is -0.720. The summed E-state index contributed by atoms with van der Waals surface area (Å²) >= 11 is 0. The van der Waals surface area contributed by atoms with Crippen LogP contribution in [0.3, 0.4) is 0 Å². The molecule has 0 rings (SSSR count). The molecule has 0 aliphatic rings. The van der Waals surface area contributed by atoms with Gasteiger partial charge in [0.2, 0.25) is 5.91 Å². The third-order valence-electron chi connectivity index (χ3n) is 1.24. The third kappa shape index (κ3) is 4.19. The van der Waals surface area contributed by atoms with Crippen molar-refractivity contribution in [2.24, 2.45) is 11.5 Å². The van der Waals surface area contributed by atoms with Crippen LogP contribution in [0.5, 0.6) is 0 Å². The number of amides is 3. The molecule has 0 saturated carbocycles. The normalized spacial score (nSPS) is 12.1. The van der Waals surface area contributed by atoms with Crippen molar-refractivity contribution in [3.05, 3.63) is 0 Å². The Bertz CT molecular complexity index is 158. The minimum Gasteiger partial charge on any atom is -0.368 e. The maximum absolute atomic E-state index is 10.6. The maximum atomic E-state index is 10.6. The summed E-state index contributed by atoms with van der Waals surface area (Å²) in [6, 6.07) is -1.35. The quantitative estimate of drug-likeness (QED) is 0.506. The third-order valence-corrected chi connectivity index (χ3v) is 1.24. The van der Waals surface area contributed by atoms with Crippen molar-refractivity contribution in [3.8, 4) is 0 Å². The summed E-state index contributed by atoms with van der Waals surface area (Å²) in [5.41, 5.74) is 9.77. The van der Waals surface area contributed by atoms with E-state index in [1.54, 1.807) is 0 Å². The highest BCUT2D eigenvalue weighted by molar-refractivity contribution is 5.85. The van der Waals surface area contributed by atoms with Gasteiger partial charge in [-0.2, -0.15) is 0 Å². The molecule has 5 heteroatoms. The lowest BCUT2D eigenvalue weighted by atomic mass is 10.1. The highest BCUT2D eigenvalue weighted by Crippen LogP contribution is 1.94. The zero-order chi connectivity index (χ0) is 8.85. The molecule has 11 heavy (non-hydrogen) atoms. The van der Waals surface area contributed by atoms with Gasteiger partial charge in [-0.15, -0.1) is 0 Å². The average molecular weight is 159 g/mol. The van der Waals surface area contributed by atoms with Crippen LogP contribution in [0.1, 0.15) is 19.8 Å². The number of primary amides is 2. The Morgan fingerprint density at radius 2 is 2.00 bits per heavy atom. The SMILES string of the molecule is CCCC(NC(N)=O)C(N)=O. The molecule has 0 aromatic heterocycles. The first-order valence-corrected chi connectivity index (χ1v) is 3.43. The van der Waals surface area contributed by atoms with Crippen molar-refractivity contribution in [2.45, 2.75) is 25.8 Å². The van der Waals surface area contributed by atoms with Crippen LogP contribution in [0.4, 0.5) is 4.79 Å². The Morgan fingerprint density at radius 1 is 1.45 bits per heavy atom. The molecule has 1 atom stereocenters. The van der Waals surface area contributed by atoms with Crippen LogP contribution < -0.4 is 16.8 Å². The van der Waals surface area contributed by atoms with Gasteiger partial charge in [-0.05, 0) is 6.42 Å². The Balaban J connectivity index is 3.89. The van der Waals surface area contributed by atoms with Gasteiger partial charge in [0.15, 0.2) is 0 Å². The molecule has 0 aromatic rings. The lowest BCUT2D eigenvalue weighted by molar-refractivity contribution is -0.119. The fraction of sp³-hybridized carbons (Fsp3) is 0.667. The van der Waals surface area contributed by atoms with E-state index in [0.29, 0.717) is 6.42 Å². The zero-order valence-electron chi connectivity index (χ0n) is 6.46. The van der Waals surface area contributed by atoms with E-state index in [2.05, 4.69) is 5.32 Å². The summed E-state index contributed by atoms with van der Waals surface area (Å²) in [5.74, 6) is -0.550. The second-order valence-electron chi connectivity index (χ2n) is 2.25. The van der Waals surface area contributed by atoms with Gasteiger partial charge < -0.3 is 16.8 Å². The number of carbonyl (C=O) groups excluding carboxylic acids is 2. The van der Waals surface area contributed by atoms with Crippen LogP contribution in [0.15, 0.2) is 0 Å². The predicted molar refractivity (Wildman–Crippen MR) is 40.6 cm³/mol. The number of nitrogens with one attached hydrogen (secondary N) is 1. The first-order chi connectivity index (χ1) is 5.07. The standard InChI is InChI=1S/C6H13N3O2/c1-2-3-4(5(7)10)9-6(8)11/h4H,2-3H2,1H3,(H2,7,10)(H3,8,9,11). The Kier molecular flexibility index (Phi) is 4.02. The van der Waals surface area contributed by atoms with Crippen molar-refractivity contribution < 1.29 is 9.59 Å². The van der Waals surface area contributed by atoms with Crippen LogP contribution in [-0.2, 0) is 4.79 Å². The molecule has 0 heterocycles. The largest absolute Gasteiger partial charge is 0.368 e. The van der Waals surface area contributed by atoms with E-state index in [1.165, 1.54) is 0 Å². The summed E-state index contributed by atoms with van der Waals surface area (Å²) < 4.78 is 0. The summed E-state index contributed by atoms with van der Waals surface area (Å²) in [5, 5.41) is 2.24. The molecule has 0 spiro atoms. The van der Waals surface area contributed by atoms with Gasteiger partial charge in [0.05, 0.1) is 0 Å². The van der Waals surface area contributed by atoms with E-state index in [4.69, 9.17) is 11.5 Å². The predicted octanol–water partition coefficient (Wildman–Crippen LogP) is -0.691. The summed E-state index contributed by atoms with van der Waals surface area (Å²) in [7, 11) is 0. The van der Waals surface area contributed by atoms with Crippen LogP contribution in [0.25, 0.3) is 0 Å². The monoisotopic (exact) mass is 159 g/mol. The maximum Gasteiger partial charge on any atom is 0.312 e. The van der Waals surface area contributed by atoms with Gasteiger partial charge in [-0.1, -0.05) is 13.3 Å². The van der Waals surface area contributed by atoms with Crippen molar-refractivity contribution in [2.75, 3.05) is 0 Å². The minimum absolute atomic E-state index is 0.526. The number of rotatable bonds is 4. The Hall–Kier alpha value is -1.26. The molecule has 3 amide bonds. The van der Waals surface area contributed by atoms with Crippen molar-refractivity contribution in [3.63, 3.8) is 0 Å². The van der Waals surface area contributed by atoms with Gasteiger partial charge in [-0.3, -0.25) is 4.79 Å². The Labute approximate surface area is 65.1 Å². The fourth-order valence-corrected chi connectivity index (χ4v) is 0.746. The lowest BCUT2D eigenvalue weighted by Gasteiger charge is -2.11. The summed E-state index contributed by atoms with van der Waals surface area (Å²) in [6.45, 7) is 1.89. The van der Waals surface area contributed by atoms with Crippen LogP contribution in [-0.4, -0.2) is 18.0 Å². The topological polar surface area (TPSA) is 98.2 Å². The molecule has 64 valence electrons. The van der Waals surface area contributed by atoms with E-state index < -0.39 is 18.0 Å². The number of nitrogens with two attached hydrogens (primary N) is 2. The molecule has 0 aliphatic carbocycles. The molecule has 0 saturated heterocycles. The average Bonchev–Trinajstić information content (AvgIpc) is 1.86. The van der Waals surface area contributed by atoms with Gasteiger partial charge in [0.25, 0.3) is 0 Å². The molecular weight excluding hydrogens is 146 g/mol. The van der Waals surface area contributed by atoms with Gasteiger partial charge in [0, 0.05) is 0 Å². The molecule has 1 unspecified atom stereocenters. The first kappa shape index (κ1) is 9.74.